The van der Waals surface area contributed by atoms with Gasteiger partial charge < -0.3 is 5.50 Å². The maximum Gasteiger partial charge on any atom is -0.00961 e. The van der Waals surface area contributed by atoms with Gasteiger partial charge in [-0.3, -0.25) is 0 Å². The van der Waals surface area contributed by atoms with Crippen LogP contribution in [0.1, 0.15) is 45.4 Å². The predicted octanol–water partition coefficient (Wildman–Crippen LogP) is 7.64. The zero-order valence-corrected chi connectivity index (χ0v) is 23.5. The molecule has 0 aliphatic carbocycles. The number of rotatable bonds is 16. The summed E-state index contributed by atoms with van der Waals surface area (Å²) in [6, 6.07) is 33.4. The number of nitrogens with two attached hydrogens (primary N) is 1. The Balaban J connectivity index is 1.55. The van der Waals surface area contributed by atoms with Crippen molar-refractivity contribution < 1.29 is 0 Å². The first-order chi connectivity index (χ1) is 16.8. The van der Waals surface area contributed by atoms with E-state index in [-0.39, 0.29) is 15.8 Å². The van der Waals surface area contributed by atoms with Crippen LogP contribution in [0.15, 0.2) is 91.0 Å². The van der Waals surface area contributed by atoms with Gasteiger partial charge in [-0.05, 0) is 74.1 Å². The number of hydrogen-bond donors (Lipinski definition) is 1. The minimum Gasteiger partial charge on any atom is -0.306 e. The Morgan fingerprint density at radius 1 is 0.471 bits per heavy atom. The van der Waals surface area contributed by atoms with Crippen molar-refractivity contribution in [1.29, 1.82) is 0 Å². The molecule has 1 nitrogen and oxygen atoms in total. The van der Waals surface area contributed by atoms with Gasteiger partial charge in [0.05, 0.1) is 0 Å². The Kier molecular flexibility index (Phi) is 13.4. The molecule has 3 aromatic rings. The Labute approximate surface area is 212 Å². The highest BCUT2D eigenvalue weighted by molar-refractivity contribution is 7.66. The Hall–Kier alpha value is -1.09. The predicted molar refractivity (Wildman–Crippen MR) is 161 cm³/mol. The normalized spacial score (nSPS) is 13.9. The average Bonchev–Trinajstić information content (AvgIpc) is 2.90. The Bertz CT molecular complexity index is 889. The third-order valence-electron chi connectivity index (χ3n) is 6.30. The first-order valence-electron chi connectivity index (χ1n) is 12.9. The van der Waals surface area contributed by atoms with Crippen LogP contribution in [-0.4, -0.2) is 30.8 Å². The van der Waals surface area contributed by atoms with Crippen molar-refractivity contribution >= 4 is 39.8 Å². The molecule has 182 valence electrons. The second-order valence-electron chi connectivity index (χ2n) is 8.94. The second kappa shape index (κ2) is 16.6. The topological polar surface area (TPSA) is 26.0 Å². The van der Waals surface area contributed by atoms with E-state index >= 15 is 0 Å². The lowest BCUT2D eigenvalue weighted by molar-refractivity contribution is 0.705. The van der Waals surface area contributed by atoms with Crippen LogP contribution in [0.3, 0.4) is 0 Å². The van der Waals surface area contributed by atoms with Gasteiger partial charge in [0.1, 0.15) is 0 Å². The molecule has 3 rings (SSSR count). The quantitative estimate of drug-likeness (QED) is 0.156. The number of hydrogen-bond acceptors (Lipinski definition) is 1. The van der Waals surface area contributed by atoms with Crippen LogP contribution in [0.4, 0.5) is 0 Å². The summed E-state index contributed by atoms with van der Waals surface area (Å²) in [6.45, 7) is 2.31. The van der Waals surface area contributed by atoms with Gasteiger partial charge >= 0.3 is 0 Å². The van der Waals surface area contributed by atoms with E-state index in [2.05, 4.69) is 97.9 Å². The van der Waals surface area contributed by atoms with Crippen LogP contribution in [0.25, 0.3) is 0 Å². The summed E-state index contributed by atoms with van der Waals surface area (Å²) in [5, 5.41) is 4.51. The maximum absolute atomic E-state index is 6.57. The van der Waals surface area contributed by atoms with E-state index in [0.29, 0.717) is 0 Å². The lowest BCUT2D eigenvalue weighted by Gasteiger charge is -2.22. The van der Waals surface area contributed by atoms with Crippen LogP contribution in [0, 0.1) is 0 Å². The van der Waals surface area contributed by atoms with Crippen molar-refractivity contribution in [3.8, 4) is 0 Å². The number of unbranched alkanes of at least 4 members (excludes halogenated alkanes) is 3. The van der Waals surface area contributed by atoms with Crippen molar-refractivity contribution in [2.75, 3.05) is 30.8 Å². The molecule has 0 saturated heterocycles. The molecule has 0 aliphatic heterocycles. The fourth-order valence-corrected chi connectivity index (χ4v) is 11.1. The van der Waals surface area contributed by atoms with Gasteiger partial charge in [0.25, 0.3) is 0 Å². The summed E-state index contributed by atoms with van der Waals surface area (Å²) in [4.78, 5) is 0. The molecule has 0 bridgehead atoms. The molecule has 0 amide bonds. The second-order valence-corrected chi connectivity index (χ2v) is 15.8. The van der Waals surface area contributed by atoms with Crippen LogP contribution in [0.2, 0.25) is 0 Å². The van der Waals surface area contributed by atoms with E-state index in [4.69, 9.17) is 5.50 Å². The van der Waals surface area contributed by atoms with Gasteiger partial charge in [-0.15, -0.1) is 0 Å². The zero-order valence-electron chi connectivity index (χ0n) is 20.9. The highest BCUT2D eigenvalue weighted by Crippen LogP contribution is 2.42. The van der Waals surface area contributed by atoms with Crippen LogP contribution >= 0.6 is 23.9 Å². The van der Waals surface area contributed by atoms with Crippen molar-refractivity contribution in [2.45, 2.75) is 45.4 Å². The van der Waals surface area contributed by atoms with E-state index in [1.54, 1.807) is 10.6 Å². The summed E-state index contributed by atoms with van der Waals surface area (Å²) < 4.78 is 0. The third kappa shape index (κ3) is 9.88. The minimum absolute atomic E-state index is 0.0319. The molecule has 0 aliphatic rings. The maximum atomic E-state index is 6.57. The van der Waals surface area contributed by atoms with Gasteiger partial charge in [-0.1, -0.05) is 133 Å². The van der Waals surface area contributed by atoms with Crippen molar-refractivity contribution in [2.24, 2.45) is 5.50 Å². The summed E-state index contributed by atoms with van der Waals surface area (Å²) in [5.74, 6) is 0. The van der Waals surface area contributed by atoms with E-state index in [1.165, 1.54) is 68.5 Å². The monoisotopic (exact) mass is 509 g/mol. The summed E-state index contributed by atoms with van der Waals surface area (Å²) in [7, 11) is -0.666. The molecule has 0 fully saturated rings. The van der Waals surface area contributed by atoms with Gasteiger partial charge in [0.15, 0.2) is 0 Å². The largest absolute Gasteiger partial charge is 0.306 e. The average molecular weight is 510 g/mol. The van der Waals surface area contributed by atoms with Crippen LogP contribution in [0.5, 0.6) is 0 Å². The molecule has 0 saturated carbocycles. The van der Waals surface area contributed by atoms with Gasteiger partial charge in [-0.2, -0.15) is 0 Å². The molecular weight excluding hydrogens is 467 g/mol. The molecule has 0 aromatic heterocycles. The van der Waals surface area contributed by atoms with Crippen molar-refractivity contribution in [3.05, 3.63) is 91.0 Å². The lowest BCUT2D eigenvalue weighted by atomic mass is 10.2. The molecule has 0 heterocycles. The van der Waals surface area contributed by atoms with Crippen molar-refractivity contribution in [3.63, 3.8) is 0 Å². The first kappa shape index (κ1) is 27.5. The SMILES string of the molecule is CCCCCCP(CCCP(CCCP(N)c1ccccc1)c1ccccc1)c1ccccc1. The fourth-order valence-electron chi connectivity index (χ4n) is 4.38. The molecule has 2 N–H and O–H groups in total. The van der Waals surface area contributed by atoms with Crippen LogP contribution < -0.4 is 21.4 Å². The fraction of sp³-hybridized carbons (Fsp3) is 0.400. The van der Waals surface area contributed by atoms with Crippen LogP contribution in [-0.2, 0) is 0 Å². The molecule has 3 aromatic carbocycles. The highest BCUT2D eigenvalue weighted by Gasteiger charge is 2.15. The molecule has 0 spiro atoms. The molecule has 34 heavy (non-hydrogen) atoms. The standard InChI is InChI=1S/C30H42NP3/c1-2-3-4-14-23-32(28-17-8-5-9-18-28)24-15-25-33(29-19-10-6-11-20-29)26-16-27-34(31)30-21-12-7-13-22-30/h5-13,17-22H,2-4,14-16,23-27,31H2,1H3. The zero-order chi connectivity index (χ0) is 23.8. The molecule has 3 unspecified atom stereocenters. The van der Waals surface area contributed by atoms with E-state index in [9.17, 15) is 0 Å². The van der Waals surface area contributed by atoms with E-state index in [1.807, 2.05) is 0 Å². The van der Waals surface area contributed by atoms with Gasteiger partial charge in [0.2, 0.25) is 0 Å². The lowest BCUT2D eigenvalue weighted by Crippen LogP contribution is -2.13. The first-order valence-corrected chi connectivity index (χ1v) is 18.0. The summed E-state index contributed by atoms with van der Waals surface area (Å²) in [5.41, 5.74) is 6.57. The van der Waals surface area contributed by atoms with E-state index in [0.717, 1.165) is 6.16 Å². The highest BCUT2D eigenvalue weighted by atomic mass is 31.1. The number of benzene rings is 3. The summed E-state index contributed by atoms with van der Waals surface area (Å²) >= 11 is 0. The molecular formula is C30H42NP3. The molecule has 4 heteroatoms. The van der Waals surface area contributed by atoms with Gasteiger partial charge in [-0.25, -0.2) is 0 Å². The van der Waals surface area contributed by atoms with Gasteiger partial charge in [0, 0.05) is 0 Å². The Morgan fingerprint density at radius 3 is 1.35 bits per heavy atom. The molecule has 3 atom stereocenters. The summed E-state index contributed by atoms with van der Waals surface area (Å²) in [6.07, 6.45) is 14.7. The third-order valence-corrected chi connectivity index (χ3v) is 13.5. The smallest absolute Gasteiger partial charge is 0.00961 e. The Morgan fingerprint density at radius 2 is 0.882 bits per heavy atom. The molecule has 0 radical (unpaired) electrons. The minimum atomic E-state index is -0.525. The van der Waals surface area contributed by atoms with E-state index < -0.39 is 8.07 Å². The van der Waals surface area contributed by atoms with Crippen molar-refractivity contribution in [1.82, 2.24) is 0 Å².